The molecule has 0 spiro atoms. The number of ether oxygens (including phenoxy) is 2. The van der Waals surface area contributed by atoms with Crippen molar-refractivity contribution in [2.24, 2.45) is 0 Å². The third-order valence-corrected chi connectivity index (χ3v) is 3.71. The van der Waals surface area contributed by atoms with Gasteiger partial charge in [-0.1, -0.05) is 35.3 Å². The largest absolute Gasteiger partial charge is 0.486 e. The smallest absolute Gasteiger partial charge is 0.166 e. The highest BCUT2D eigenvalue weighted by atomic mass is 35.5. The third-order valence-electron chi connectivity index (χ3n) is 3.11. The summed E-state index contributed by atoms with van der Waals surface area (Å²) in [4.78, 5) is 0. The van der Waals surface area contributed by atoms with Gasteiger partial charge in [0.25, 0.3) is 0 Å². The van der Waals surface area contributed by atoms with Gasteiger partial charge in [-0.3, -0.25) is 0 Å². The fourth-order valence-corrected chi connectivity index (χ4v) is 2.76. The number of hydrogen-bond acceptors (Lipinski definition) is 3. The quantitative estimate of drug-likeness (QED) is 0.899. The Labute approximate surface area is 131 Å². The van der Waals surface area contributed by atoms with Crippen LogP contribution in [0.5, 0.6) is 11.5 Å². The average molecular weight is 328 g/mol. The lowest BCUT2D eigenvalue weighted by Gasteiger charge is -2.21. The molecule has 0 bridgehead atoms. The molecule has 0 unspecified atom stereocenters. The van der Waals surface area contributed by atoms with Crippen LogP contribution in [0.25, 0.3) is 0 Å². The predicted octanol–water partition coefficient (Wildman–Crippen LogP) is 4.52. The highest BCUT2D eigenvalue weighted by molar-refractivity contribution is 6.39. The van der Waals surface area contributed by atoms with E-state index in [1.165, 1.54) is 12.1 Å². The van der Waals surface area contributed by atoms with Gasteiger partial charge >= 0.3 is 0 Å². The molecule has 6 heteroatoms. The van der Waals surface area contributed by atoms with Gasteiger partial charge in [-0.25, -0.2) is 4.39 Å². The summed E-state index contributed by atoms with van der Waals surface area (Å²) in [6.45, 7) is 1.50. The van der Waals surface area contributed by atoms with Gasteiger partial charge in [0.05, 0.1) is 15.7 Å². The second-order valence-corrected chi connectivity index (χ2v) is 5.35. The molecular weight excluding hydrogens is 316 g/mol. The lowest BCUT2D eigenvalue weighted by atomic mass is 10.1. The fraction of sp³-hybridized carbons (Fsp3) is 0.200. The minimum Gasteiger partial charge on any atom is -0.486 e. The predicted molar refractivity (Wildman–Crippen MR) is 81.2 cm³/mol. The Hall–Kier alpha value is -1.65. The summed E-state index contributed by atoms with van der Waals surface area (Å²) in [5.41, 5.74) is 1.41. The summed E-state index contributed by atoms with van der Waals surface area (Å²) in [5, 5.41) is 3.58. The van der Waals surface area contributed by atoms with Gasteiger partial charge in [0.2, 0.25) is 0 Å². The maximum Gasteiger partial charge on any atom is 0.166 e. The van der Waals surface area contributed by atoms with Gasteiger partial charge in [0.15, 0.2) is 11.5 Å². The van der Waals surface area contributed by atoms with Crippen LogP contribution in [0.15, 0.2) is 30.3 Å². The molecule has 1 N–H and O–H groups in total. The van der Waals surface area contributed by atoms with Crippen LogP contribution in [0, 0.1) is 5.82 Å². The molecule has 2 aromatic rings. The van der Waals surface area contributed by atoms with Crippen molar-refractivity contribution in [1.29, 1.82) is 0 Å². The van der Waals surface area contributed by atoms with E-state index in [0.29, 0.717) is 31.2 Å². The van der Waals surface area contributed by atoms with Crippen LogP contribution in [0.1, 0.15) is 5.56 Å². The zero-order valence-electron chi connectivity index (χ0n) is 11.0. The van der Waals surface area contributed by atoms with E-state index in [-0.39, 0.29) is 10.0 Å². The van der Waals surface area contributed by atoms with Crippen molar-refractivity contribution in [2.75, 3.05) is 18.5 Å². The molecule has 3 rings (SSSR count). The average Bonchev–Trinajstić information content (AvgIpc) is 2.46. The van der Waals surface area contributed by atoms with Crippen LogP contribution in [0.2, 0.25) is 10.0 Å². The molecule has 21 heavy (non-hydrogen) atoms. The van der Waals surface area contributed by atoms with E-state index in [4.69, 9.17) is 32.7 Å². The Morgan fingerprint density at radius 3 is 2.57 bits per heavy atom. The van der Waals surface area contributed by atoms with Gasteiger partial charge in [-0.2, -0.15) is 0 Å². The highest BCUT2D eigenvalue weighted by Crippen LogP contribution is 2.36. The van der Waals surface area contributed by atoms with E-state index < -0.39 is 5.82 Å². The van der Waals surface area contributed by atoms with E-state index in [2.05, 4.69) is 5.32 Å². The normalized spacial score (nSPS) is 13.1. The minimum absolute atomic E-state index is 0.238. The summed E-state index contributed by atoms with van der Waals surface area (Å²) in [5.74, 6) is 0.965. The zero-order valence-corrected chi connectivity index (χ0v) is 12.5. The molecular formula is C15H12Cl2FNO2. The second-order valence-electron chi connectivity index (χ2n) is 4.54. The van der Waals surface area contributed by atoms with Crippen LogP contribution in [-0.2, 0) is 6.54 Å². The molecule has 0 saturated carbocycles. The molecule has 0 aliphatic carbocycles. The van der Waals surface area contributed by atoms with Gasteiger partial charge in [0, 0.05) is 12.1 Å². The lowest BCUT2D eigenvalue weighted by Crippen LogP contribution is -2.17. The molecule has 2 aromatic carbocycles. The maximum atomic E-state index is 13.2. The molecule has 0 radical (unpaired) electrons. The molecule has 0 atom stereocenters. The number of fused-ring (bicyclic) bond motifs is 1. The van der Waals surface area contributed by atoms with Crippen molar-refractivity contribution >= 4 is 28.9 Å². The summed E-state index contributed by atoms with van der Waals surface area (Å²) >= 11 is 12.0. The molecule has 0 amide bonds. The molecule has 3 nitrogen and oxygen atoms in total. The van der Waals surface area contributed by atoms with Crippen molar-refractivity contribution < 1.29 is 13.9 Å². The van der Waals surface area contributed by atoms with Crippen LogP contribution >= 0.6 is 23.2 Å². The molecule has 0 saturated heterocycles. The monoisotopic (exact) mass is 327 g/mol. The van der Waals surface area contributed by atoms with Crippen molar-refractivity contribution in [3.05, 3.63) is 51.8 Å². The Balaban J connectivity index is 1.83. The minimum atomic E-state index is -0.468. The first-order valence-electron chi connectivity index (χ1n) is 6.41. The number of rotatable bonds is 3. The first kappa shape index (κ1) is 14.3. The Bertz CT molecular complexity index is 656. The second kappa shape index (κ2) is 6.00. The number of benzene rings is 2. The first-order chi connectivity index (χ1) is 10.1. The first-order valence-corrected chi connectivity index (χ1v) is 7.16. The van der Waals surface area contributed by atoms with Gasteiger partial charge in [-0.15, -0.1) is 0 Å². The summed E-state index contributed by atoms with van der Waals surface area (Å²) in [6, 6.07) is 8.10. The number of hydrogen-bond donors (Lipinski definition) is 1. The van der Waals surface area contributed by atoms with Crippen molar-refractivity contribution in [3.63, 3.8) is 0 Å². The standard InChI is InChI=1S/C15H12Cl2FNO2/c16-11-6-10(18)7-12(17)14(11)19-8-9-2-1-3-13-15(9)21-5-4-20-13/h1-3,6-7,19H,4-5,8H2. The molecule has 110 valence electrons. The molecule has 1 aliphatic heterocycles. The fourth-order valence-electron chi connectivity index (χ4n) is 2.17. The number of halogens is 3. The van der Waals surface area contributed by atoms with Crippen molar-refractivity contribution in [1.82, 2.24) is 0 Å². The molecule has 0 aromatic heterocycles. The summed E-state index contributed by atoms with van der Waals surface area (Å²) < 4.78 is 24.3. The third kappa shape index (κ3) is 3.01. The molecule has 0 fully saturated rings. The van der Waals surface area contributed by atoms with Gasteiger partial charge in [-0.05, 0) is 18.2 Å². The number of para-hydroxylation sites is 1. The van der Waals surface area contributed by atoms with Gasteiger partial charge in [0.1, 0.15) is 19.0 Å². The van der Waals surface area contributed by atoms with E-state index in [0.717, 1.165) is 11.3 Å². The van der Waals surface area contributed by atoms with E-state index in [1.807, 2.05) is 18.2 Å². The zero-order chi connectivity index (χ0) is 14.8. The lowest BCUT2D eigenvalue weighted by molar-refractivity contribution is 0.170. The van der Waals surface area contributed by atoms with Crippen LogP contribution in [0.3, 0.4) is 0 Å². The summed E-state index contributed by atoms with van der Waals surface area (Å²) in [7, 11) is 0. The Morgan fingerprint density at radius 1 is 1.10 bits per heavy atom. The molecule has 1 aliphatic rings. The number of nitrogens with one attached hydrogen (secondary N) is 1. The SMILES string of the molecule is Fc1cc(Cl)c(NCc2cccc3c2OCCO3)c(Cl)c1. The van der Waals surface area contributed by atoms with E-state index in [9.17, 15) is 4.39 Å². The van der Waals surface area contributed by atoms with Gasteiger partial charge < -0.3 is 14.8 Å². The van der Waals surface area contributed by atoms with Crippen LogP contribution < -0.4 is 14.8 Å². The van der Waals surface area contributed by atoms with E-state index in [1.54, 1.807) is 0 Å². The highest BCUT2D eigenvalue weighted by Gasteiger charge is 2.16. The van der Waals surface area contributed by atoms with Crippen molar-refractivity contribution in [2.45, 2.75) is 6.54 Å². The molecule has 1 heterocycles. The maximum absolute atomic E-state index is 13.2. The van der Waals surface area contributed by atoms with Crippen LogP contribution in [0.4, 0.5) is 10.1 Å². The van der Waals surface area contributed by atoms with E-state index >= 15 is 0 Å². The summed E-state index contributed by atoms with van der Waals surface area (Å²) in [6.07, 6.45) is 0. The number of anilines is 1. The van der Waals surface area contributed by atoms with Crippen molar-refractivity contribution in [3.8, 4) is 11.5 Å². The van der Waals surface area contributed by atoms with Crippen LogP contribution in [-0.4, -0.2) is 13.2 Å². The Morgan fingerprint density at radius 2 is 1.81 bits per heavy atom. The topological polar surface area (TPSA) is 30.5 Å². The Kier molecular flexibility index (Phi) is 4.08.